The quantitative estimate of drug-likeness (QED) is 0.553. The number of benzene rings is 1. The maximum absolute atomic E-state index is 12.5. The van der Waals surface area contributed by atoms with Crippen LogP contribution in [0.25, 0.3) is 10.9 Å². The highest BCUT2D eigenvalue weighted by Crippen LogP contribution is 2.27. The molecule has 0 bridgehead atoms. The summed E-state index contributed by atoms with van der Waals surface area (Å²) < 4.78 is 27.5. The topological polar surface area (TPSA) is 117 Å². The number of aryl methyl sites for hydroxylation is 1. The number of sulfonamides is 1. The summed E-state index contributed by atoms with van der Waals surface area (Å²) in [4.78, 5) is 3.07. The number of nitrogens with two attached hydrogens (primary N) is 1. The van der Waals surface area contributed by atoms with Crippen LogP contribution in [-0.2, 0) is 10.0 Å². The summed E-state index contributed by atoms with van der Waals surface area (Å²) in [6, 6.07) is 5.08. The Morgan fingerprint density at radius 2 is 2.05 bits per heavy atom. The Bertz CT molecular complexity index is 923. The molecule has 21 heavy (non-hydrogen) atoms. The first-order chi connectivity index (χ1) is 9.88. The fourth-order valence-corrected chi connectivity index (χ4v) is 3.34. The van der Waals surface area contributed by atoms with Crippen molar-refractivity contribution in [2.45, 2.75) is 18.7 Å². The van der Waals surface area contributed by atoms with Crippen molar-refractivity contribution < 1.29 is 8.42 Å². The molecular weight excluding hydrogens is 290 g/mol. The number of nitrogens with one attached hydrogen (secondary N) is 3. The molecule has 8 heteroatoms. The van der Waals surface area contributed by atoms with E-state index in [1.54, 1.807) is 25.1 Å². The van der Waals surface area contributed by atoms with Crippen molar-refractivity contribution >= 4 is 32.4 Å². The lowest BCUT2D eigenvalue weighted by molar-refractivity contribution is 0.602. The number of fused-ring (bicyclic) bond motifs is 1. The standard InChI is InChI=1S/C13H15N5O2S/c1-7-8(2)16-17-13(7)18-21(19,20)12-6-15-11-4-3-9(14)5-10(11)12/h3-6,15H,14H2,1-2H3,(H2,16,17,18). The van der Waals surface area contributed by atoms with E-state index in [-0.39, 0.29) is 4.90 Å². The fourth-order valence-electron chi connectivity index (χ4n) is 2.10. The van der Waals surface area contributed by atoms with E-state index < -0.39 is 10.0 Å². The van der Waals surface area contributed by atoms with E-state index in [0.717, 1.165) is 11.3 Å². The Balaban J connectivity index is 2.08. The third-order valence-corrected chi connectivity index (χ3v) is 4.82. The molecule has 0 saturated heterocycles. The number of nitrogens with zero attached hydrogens (tertiary/aromatic N) is 1. The monoisotopic (exact) mass is 305 g/mol. The number of anilines is 2. The largest absolute Gasteiger partial charge is 0.399 e. The predicted octanol–water partition coefficient (Wildman–Crippen LogP) is 1.89. The van der Waals surface area contributed by atoms with Crippen molar-refractivity contribution in [3.8, 4) is 0 Å². The van der Waals surface area contributed by atoms with Crippen LogP contribution in [-0.4, -0.2) is 23.6 Å². The maximum atomic E-state index is 12.5. The summed E-state index contributed by atoms with van der Waals surface area (Å²) in [5, 5.41) is 7.25. The van der Waals surface area contributed by atoms with Crippen LogP contribution in [0.15, 0.2) is 29.3 Å². The highest BCUT2D eigenvalue weighted by molar-refractivity contribution is 7.93. The molecule has 2 aromatic heterocycles. The number of hydrogen-bond donors (Lipinski definition) is 4. The lowest BCUT2D eigenvalue weighted by Gasteiger charge is -2.05. The van der Waals surface area contributed by atoms with E-state index in [4.69, 9.17) is 5.73 Å². The molecule has 0 aliphatic rings. The van der Waals surface area contributed by atoms with Crippen molar-refractivity contribution in [3.63, 3.8) is 0 Å². The molecule has 7 nitrogen and oxygen atoms in total. The number of rotatable bonds is 3. The van der Waals surface area contributed by atoms with Crippen LogP contribution in [0.2, 0.25) is 0 Å². The van der Waals surface area contributed by atoms with Gasteiger partial charge in [-0.3, -0.25) is 9.82 Å². The lowest BCUT2D eigenvalue weighted by Crippen LogP contribution is -2.13. The molecule has 3 rings (SSSR count). The Kier molecular flexibility index (Phi) is 2.91. The number of hydrogen-bond acceptors (Lipinski definition) is 4. The molecule has 0 amide bonds. The summed E-state index contributed by atoms with van der Waals surface area (Å²) in [5.41, 5.74) is 8.52. The number of nitrogen functional groups attached to an aromatic ring is 1. The van der Waals surface area contributed by atoms with Gasteiger partial charge in [0.05, 0.1) is 0 Å². The Hall–Kier alpha value is -2.48. The van der Waals surface area contributed by atoms with Crippen molar-refractivity contribution in [2.75, 3.05) is 10.5 Å². The van der Waals surface area contributed by atoms with Gasteiger partial charge in [0, 0.05) is 34.0 Å². The summed E-state index contributed by atoms with van der Waals surface area (Å²) in [7, 11) is -3.74. The highest BCUT2D eigenvalue weighted by atomic mass is 32.2. The van der Waals surface area contributed by atoms with Gasteiger partial charge in [-0.25, -0.2) is 8.42 Å². The van der Waals surface area contributed by atoms with Crippen LogP contribution in [0.1, 0.15) is 11.3 Å². The summed E-state index contributed by atoms with van der Waals surface area (Å²) in [6.07, 6.45) is 1.45. The molecule has 0 radical (unpaired) electrons. The van der Waals surface area contributed by atoms with Crippen molar-refractivity contribution in [1.29, 1.82) is 0 Å². The van der Waals surface area contributed by atoms with E-state index in [1.165, 1.54) is 6.20 Å². The smallest absolute Gasteiger partial charge is 0.265 e. The number of aromatic amines is 2. The van der Waals surface area contributed by atoms with Crippen LogP contribution in [0.4, 0.5) is 11.5 Å². The molecule has 0 saturated carbocycles. The zero-order valence-electron chi connectivity index (χ0n) is 11.6. The van der Waals surface area contributed by atoms with E-state index in [1.807, 2.05) is 6.92 Å². The molecule has 2 heterocycles. The SMILES string of the molecule is Cc1[nH]nc(NS(=O)(=O)c2c[nH]c3ccc(N)cc23)c1C. The highest BCUT2D eigenvalue weighted by Gasteiger charge is 2.21. The van der Waals surface area contributed by atoms with Crippen LogP contribution >= 0.6 is 0 Å². The van der Waals surface area contributed by atoms with Crippen LogP contribution in [0, 0.1) is 13.8 Å². The predicted molar refractivity (Wildman–Crippen MR) is 81.6 cm³/mol. The summed E-state index contributed by atoms with van der Waals surface area (Å²) in [5.74, 6) is 0.297. The normalized spacial score (nSPS) is 11.9. The lowest BCUT2D eigenvalue weighted by atomic mass is 10.2. The number of H-pyrrole nitrogens is 2. The Morgan fingerprint density at radius 3 is 2.71 bits per heavy atom. The first-order valence-electron chi connectivity index (χ1n) is 6.29. The second kappa shape index (κ2) is 4.52. The summed E-state index contributed by atoms with van der Waals surface area (Å²) >= 11 is 0. The van der Waals surface area contributed by atoms with Gasteiger partial charge in [0.2, 0.25) is 0 Å². The van der Waals surface area contributed by atoms with E-state index in [2.05, 4.69) is 19.9 Å². The first kappa shape index (κ1) is 13.5. The minimum atomic E-state index is -3.74. The van der Waals surface area contributed by atoms with Crippen molar-refractivity contribution in [3.05, 3.63) is 35.7 Å². The van der Waals surface area contributed by atoms with Gasteiger partial charge in [0.1, 0.15) is 4.90 Å². The molecule has 0 spiro atoms. The van der Waals surface area contributed by atoms with Crippen molar-refractivity contribution in [1.82, 2.24) is 15.2 Å². The molecule has 110 valence electrons. The van der Waals surface area contributed by atoms with Gasteiger partial charge in [-0.05, 0) is 32.0 Å². The second-order valence-electron chi connectivity index (χ2n) is 4.89. The van der Waals surface area contributed by atoms with E-state index >= 15 is 0 Å². The zero-order valence-corrected chi connectivity index (χ0v) is 12.4. The third kappa shape index (κ3) is 2.23. The molecule has 0 aliphatic heterocycles. The van der Waals surface area contributed by atoms with Gasteiger partial charge in [0.15, 0.2) is 5.82 Å². The Morgan fingerprint density at radius 1 is 1.29 bits per heavy atom. The first-order valence-corrected chi connectivity index (χ1v) is 7.78. The second-order valence-corrected chi connectivity index (χ2v) is 6.54. The third-order valence-electron chi connectivity index (χ3n) is 3.44. The van der Waals surface area contributed by atoms with Gasteiger partial charge in [-0.15, -0.1) is 0 Å². The van der Waals surface area contributed by atoms with Gasteiger partial charge in [0.25, 0.3) is 10.0 Å². The molecular formula is C13H15N5O2S. The van der Waals surface area contributed by atoms with Crippen LogP contribution in [0.5, 0.6) is 0 Å². The van der Waals surface area contributed by atoms with Gasteiger partial charge < -0.3 is 10.7 Å². The number of aromatic nitrogens is 3. The van der Waals surface area contributed by atoms with Crippen LogP contribution in [0.3, 0.4) is 0 Å². The fraction of sp³-hybridized carbons (Fsp3) is 0.154. The molecule has 0 unspecified atom stereocenters. The minimum Gasteiger partial charge on any atom is -0.399 e. The molecule has 0 atom stereocenters. The maximum Gasteiger partial charge on any atom is 0.265 e. The Labute approximate surface area is 121 Å². The zero-order chi connectivity index (χ0) is 15.2. The van der Waals surface area contributed by atoms with Crippen molar-refractivity contribution in [2.24, 2.45) is 0 Å². The van der Waals surface area contributed by atoms with Gasteiger partial charge in [-0.1, -0.05) is 0 Å². The minimum absolute atomic E-state index is 0.143. The molecule has 5 N–H and O–H groups in total. The summed E-state index contributed by atoms with van der Waals surface area (Å²) in [6.45, 7) is 3.62. The molecule has 3 aromatic rings. The van der Waals surface area contributed by atoms with E-state index in [9.17, 15) is 8.42 Å². The van der Waals surface area contributed by atoms with Crippen LogP contribution < -0.4 is 10.5 Å². The van der Waals surface area contributed by atoms with E-state index in [0.29, 0.717) is 22.4 Å². The molecule has 0 aliphatic carbocycles. The molecule has 0 fully saturated rings. The average molecular weight is 305 g/mol. The molecule has 1 aromatic carbocycles. The average Bonchev–Trinajstić information content (AvgIpc) is 2.97. The van der Waals surface area contributed by atoms with Gasteiger partial charge in [-0.2, -0.15) is 5.10 Å². The van der Waals surface area contributed by atoms with Gasteiger partial charge >= 0.3 is 0 Å².